The van der Waals surface area contributed by atoms with E-state index in [9.17, 15) is 0 Å². The van der Waals surface area contributed by atoms with Crippen LogP contribution in [0.25, 0.3) is 0 Å². The summed E-state index contributed by atoms with van der Waals surface area (Å²) in [4.78, 5) is 8.12. The van der Waals surface area contributed by atoms with Crippen LogP contribution in [0.1, 0.15) is 18.6 Å². The third-order valence-electron chi connectivity index (χ3n) is 2.61. The molecule has 2 aromatic rings. The Balaban J connectivity index is 2.01. The molecule has 4 nitrogen and oxygen atoms in total. The van der Waals surface area contributed by atoms with Gasteiger partial charge in [0, 0.05) is 13.2 Å². The van der Waals surface area contributed by atoms with Gasteiger partial charge in [0.1, 0.15) is 11.0 Å². The molecule has 0 aliphatic heterocycles. The number of hydrogen-bond acceptors (Lipinski definition) is 4. The fourth-order valence-corrected chi connectivity index (χ4v) is 1.91. The summed E-state index contributed by atoms with van der Waals surface area (Å²) in [5.74, 6) is 0.646. The minimum Gasteiger partial charge on any atom is -0.372 e. The van der Waals surface area contributed by atoms with Gasteiger partial charge in [-0.3, -0.25) is 4.98 Å². The molecule has 1 aromatic heterocycles. The van der Waals surface area contributed by atoms with E-state index < -0.39 is 0 Å². The van der Waals surface area contributed by atoms with Crippen LogP contribution in [0.3, 0.4) is 0 Å². The molecule has 1 unspecified atom stereocenters. The Morgan fingerprint density at radius 3 is 2.74 bits per heavy atom. The number of nitrogens with one attached hydrogen (secondary N) is 1. The van der Waals surface area contributed by atoms with Crippen molar-refractivity contribution in [2.24, 2.45) is 0 Å². The van der Waals surface area contributed by atoms with Crippen molar-refractivity contribution in [2.75, 3.05) is 18.5 Å². The van der Waals surface area contributed by atoms with Crippen molar-refractivity contribution in [1.29, 1.82) is 0 Å². The Kier molecular flexibility index (Phi) is 5.12. The predicted octanol–water partition coefficient (Wildman–Crippen LogP) is 3.32. The molecule has 0 saturated heterocycles. The molecule has 1 atom stereocenters. The van der Waals surface area contributed by atoms with Crippen molar-refractivity contribution >= 4 is 17.4 Å². The lowest BCUT2D eigenvalue weighted by molar-refractivity contribution is 0.0718. The highest BCUT2D eigenvalue weighted by atomic mass is 35.5. The topological polar surface area (TPSA) is 47.0 Å². The van der Waals surface area contributed by atoms with Gasteiger partial charge in [-0.05, 0) is 12.5 Å². The average Bonchev–Trinajstić information content (AvgIpc) is 2.44. The normalized spacial score (nSPS) is 12.1. The third-order valence-corrected chi connectivity index (χ3v) is 2.80. The number of benzene rings is 1. The molecule has 0 aliphatic carbocycles. The molecule has 0 bridgehead atoms. The molecule has 0 aliphatic rings. The fraction of sp³-hybridized carbons (Fsp3) is 0.286. The zero-order valence-corrected chi connectivity index (χ0v) is 11.5. The second kappa shape index (κ2) is 7.07. The number of rotatable bonds is 6. The first-order valence-electron chi connectivity index (χ1n) is 6.17. The maximum Gasteiger partial charge on any atom is 0.149 e. The molecule has 5 heteroatoms. The maximum atomic E-state index is 5.79. The number of hydrogen-bond donors (Lipinski definition) is 1. The Bertz CT molecular complexity index is 507. The Labute approximate surface area is 117 Å². The van der Waals surface area contributed by atoms with Crippen molar-refractivity contribution in [3.05, 3.63) is 53.4 Å². The molecule has 0 radical (unpaired) electrons. The quantitative estimate of drug-likeness (QED) is 0.880. The summed E-state index contributed by atoms with van der Waals surface area (Å²) in [6.45, 7) is 3.25. The van der Waals surface area contributed by atoms with Gasteiger partial charge in [0.25, 0.3) is 0 Å². The average molecular weight is 278 g/mol. The van der Waals surface area contributed by atoms with Crippen LogP contribution in [0.4, 0.5) is 5.82 Å². The monoisotopic (exact) mass is 277 g/mol. The Morgan fingerprint density at radius 1 is 1.26 bits per heavy atom. The molecular formula is C14H16ClN3O. The van der Waals surface area contributed by atoms with Gasteiger partial charge in [-0.2, -0.15) is 0 Å². The molecule has 0 amide bonds. The summed E-state index contributed by atoms with van der Waals surface area (Å²) in [5, 5.41) is 3.56. The Hall–Kier alpha value is -1.65. The van der Waals surface area contributed by atoms with Crippen molar-refractivity contribution in [3.63, 3.8) is 0 Å². The molecule has 1 N–H and O–H groups in total. The van der Waals surface area contributed by atoms with Crippen LogP contribution in [0.15, 0.2) is 42.7 Å². The fourth-order valence-electron chi connectivity index (χ4n) is 1.77. The van der Waals surface area contributed by atoms with Gasteiger partial charge >= 0.3 is 0 Å². The van der Waals surface area contributed by atoms with E-state index in [0.717, 1.165) is 5.56 Å². The second-order valence-corrected chi connectivity index (χ2v) is 4.35. The first-order chi connectivity index (χ1) is 9.29. The summed E-state index contributed by atoms with van der Waals surface area (Å²) in [6, 6.07) is 10.1. The summed E-state index contributed by atoms with van der Waals surface area (Å²) in [5.41, 5.74) is 1.13. The van der Waals surface area contributed by atoms with Crippen molar-refractivity contribution in [3.8, 4) is 0 Å². The lowest BCUT2D eigenvalue weighted by Gasteiger charge is -2.18. The highest BCUT2D eigenvalue weighted by Crippen LogP contribution is 2.18. The molecule has 1 aromatic carbocycles. The van der Waals surface area contributed by atoms with Crippen LogP contribution in [-0.2, 0) is 4.74 Å². The van der Waals surface area contributed by atoms with Crippen LogP contribution < -0.4 is 5.32 Å². The smallest absolute Gasteiger partial charge is 0.149 e. The highest BCUT2D eigenvalue weighted by molar-refractivity contribution is 6.29. The van der Waals surface area contributed by atoms with E-state index in [1.807, 2.05) is 37.3 Å². The van der Waals surface area contributed by atoms with Crippen LogP contribution in [-0.4, -0.2) is 23.1 Å². The van der Waals surface area contributed by atoms with Crippen molar-refractivity contribution in [2.45, 2.75) is 13.0 Å². The van der Waals surface area contributed by atoms with Crippen LogP contribution in [0.5, 0.6) is 0 Å². The maximum absolute atomic E-state index is 5.79. The molecule has 0 fully saturated rings. The van der Waals surface area contributed by atoms with Gasteiger partial charge in [0.2, 0.25) is 0 Å². The standard InChI is InChI=1S/C14H16ClN3O/c1-2-19-12(11-6-4-3-5-7-11)8-17-14-10-16-9-13(15)18-14/h3-7,9-10,12H,2,8H2,1H3,(H,17,18). The summed E-state index contributed by atoms with van der Waals surface area (Å²) < 4.78 is 5.74. The molecular weight excluding hydrogens is 262 g/mol. The number of anilines is 1. The minimum atomic E-state index is -0.0213. The minimum absolute atomic E-state index is 0.0213. The number of nitrogens with zero attached hydrogens (tertiary/aromatic N) is 2. The molecule has 0 saturated carbocycles. The van der Waals surface area contributed by atoms with E-state index in [0.29, 0.717) is 24.1 Å². The van der Waals surface area contributed by atoms with Gasteiger partial charge < -0.3 is 10.1 Å². The van der Waals surface area contributed by atoms with Gasteiger partial charge in [-0.25, -0.2) is 4.98 Å². The van der Waals surface area contributed by atoms with Gasteiger partial charge in [0.05, 0.1) is 18.5 Å². The number of aromatic nitrogens is 2. The first-order valence-corrected chi connectivity index (χ1v) is 6.55. The molecule has 0 spiro atoms. The summed E-state index contributed by atoms with van der Waals surface area (Å²) in [7, 11) is 0. The zero-order chi connectivity index (χ0) is 13.5. The first kappa shape index (κ1) is 13.8. The molecule has 1 heterocycles. The van der Waals surface area contributed by atoms with E-state index in [2.05, 4.69) is 15.3 Å². The van der Waals surface area contributed by atoms with Gasteiger partial charge in [0.15, 0.2) is 0 Å². The lowest BCUT2D eigenvalue weighted by Crippen LogP contribution is -2.16. The zero-order valence-electron chi connectivity index (χ0n) is 10.7. The van der Waals surface area contributed by atoms with Crippen LogP contribution in [0.2, 0.25) is 5.15 Å². The third kappa shape index (κ3) is 4.19. The van der Waals surface area contributed by atoms with Crippen LogP contribution >= 0.6 is 11.6 Å². The van der Waals surface area contributed by atoms with E-state index in [1.165, 1.54) is 6.20 Å². The lowest BCUT2D eigenvalue weighted by atomic mass is 10.1. The van der Waals surface area contributed by atoms with E-state index in [-0.39, 0.29) is 6.10 Å². The SMILES string of the molecule is CCOC(CNc1cncc(Cl)n1)c1ccccc1. The highest BCUT2D eigenvalue weighted by Gasteiger charge is 2.11. The van der Waals surface area contributed by atoms with Crippen LogP contribution in [0, 0.1) is 0 Å². The summed E-state index contributed by atoms with van der Waals surface area (Å²) in [6.07, 6.45) is 3.12. The van der Waals surface area contributed by atoms with Crippen molar-refractivity contribution in [1.82, 2.24) is 9.97 Å². The van der Waals surface area contributed by atoms with E-state index >= 15 is 0 Å². The molecule has 19 heavy (non-hydrogen) atoms. The molecule has 2 rings (SSSR count). The van der Waals surface area contributed by atoms with Gasteiger partial charge in [-0.15, -0.1) is 0 Å². The van der Waals surface area contributed by atoms with E-state index in [1.54, 1.807) is 6.20 Å². The van der Waals surface area contributed by atoms with Crippen molar-refractivity contribution < 1.29 is 4.74 Å². The second-order valence-electron chi connectivity index (χ2n) is 3.96. The largest absolute Gasteiger partial charge is 0.372 e. The molecule has 100 valence electrons. The van der Waals surface area contributed by atoms with Gasteiger partial charge in [-0.1, -0.05) is 41.9 Å². The Morgan fingerprint density at radius 2 is 2.05 bits per heavy atom. The number of ether oxygens (including phenoxy) is 1. The van der Waals surface area contributed by atoms with E-state index in [4.69, 9.17) is 16.3 Å². The number of halogens is 1. The predicted molar refractivity (Wildman–Crippen MR) is 76.3 cm³/mol. The summed E-state index contributed by atoms with van der Waals surface area (Å²) >= 11 is 5.79.